The van der Waals surface area contributed by atoms with Gasteiger partial charge in [-0.3, -0.25) is 0 Å². The van der Waals surface area contributed by atoms with Gasteiger partial charge in [0.1, 0.15) is 5.82 Å². The first-order valence-corrected chi connectivity index (χ1v) is 8.70. The summed E-state index contributed by atoms with van der Waals surface area (Å²) < 4.78 is 19.7. The molecule has 2 aromatic carbocycles. The van der Waals surface area contributed by atoms with Gasteiger partial charge in [0.2, 0.25) is 0 Å². The van der Waals surface area contributed by atoms with E-state index < -0.39 is 6.10 Å². The van der Waals surface area contributed by atoms with E-state index in [1.54, 1.807) is 6.07 Å². The van der Waals surface area contributed by atoms with Gasteiger partial charge in [-0.25, -0.2) is 4.39 Å². The third kappa shape index (κ3) is 4.78. The van der Waals surface area contributed by atoms with Crippen molar-refractivity contribution in [2.24, 2.45) is 0 Å². The fraction of sp³-hybridized carbons (Fsp3) is 0.400. The smallest absolute Gasteiger partial charge is 0.146 e. The lowest BCUT2D eigenvalue weighted by Gasteiger charge is -2.29. The highest BCUT2D eigenvalue weighted by atomic mass is 19.1. The summed E-state index contributed by atoms with van der Waals surface area (Å²) in [5.74, 6) is -0.208. The van der Waals surface area contributed by atoms with Gasteiger partial charge in [-0.2, -0.15) is 0 Å². The van der Waals surface area contributed by atoms with Gasteiger partial charge in [-0.15, -0.1) is 0 Å². The molecule has 2 aromatic rings. The first-order chi connectivity index (χ1) is 12.1. The highest BCUT2D eigenvalue weighted by Crippen LogP contribution is 2.21. The van der Waals surface area contributed by atoms with Crippen molar-refractivity contribution < 1.29 is 14.2 Å². The first kappa shape index (κ1) is 17.9. The number of aryl methyl sites for hydroxylation is 1. The molecule has 0 radical (unpaired) electrons. The van der Waals surface area contributed by atoms with Crippen molar-refractivity contribution in [2.45, 2.75) is 19.6 Å². The summed E-state index contributed by atoms with van der Waals surface area (Å²) in [5.41, 5.74) is 3.55. The Labute approximate surface area is 148 Å². The molecule has 1 atom stereocenters. The van der Waals surface area contributed by atoms with E-state index in [1.807, 2.05) is 48.2 Å². The lowest BCUT2D eigenvalue weighted by Crippen LogP contribution is -2.36. The number of hydrogen-bond acceptors (Lipinski definition) is 4. The molecule has 4 nitrogen and oxygen atoms in total. The molecule has 1 aliphatic heterocycles. The van der Waals surface area contributed by atoms with Crippen molar-refractivity contribution >= 4 is 5.69 Å². The number of anilines is 1. The number of nitrogens with zero attached hydrogens (tertiary/aromatic N) is 1. The monoisotopic (exact) mass is 344 g/mol. The molecular formula is C20H25FN2O2. The zero-order valence-electron chi connectivity index (χ0n) is 14.5. The van der Waals surface area contributed by atoms with Crippen LogP contribution in [0.1, 0.15) is 22.8 Å². The molecular weight excluding hydrogens is 319 g/mol. The average Bonchev–Trinajstić information content (AvgIpc) is 2.63. The molecule has 0 saturated carbocycles. The molecule has 2 N–H and O–H groups in total. The van der Waals surface area contributed by atoms with Crippen LogP contribution in [0.4, 0.5) is 10.1 Å². The minimum absolute atomic E-state index is 0.208. The van der Waals surface area contributed by atoms with E-state index in [0.717, 1.165) is 24.2 Å². The molecule has 25 heavy (non-hydrogen) atoms. The van der Waals surface area contributed by atoms with Gasteiger partial charge in [-0.05, 0) is 30.2 Å². The largest absolute Gasteiger partial charge is 0.387 e. The minimum atomic E-state index is -0.571. The Morgan fingerprint density at radius 3 is 2.56 bits per heavy atom. The van der Waals surface area contributed by atoms with E-state index in [4.69, 9.17) is 4.74 Å². The SMILES string of the molecule is Cc1ccc(C(O)CNCc2ccc(N3CCOCC3)c(F)c2)cc1. The standard InChI is InChI=1S/C20H25FN2O2/c1-15-2-5-17(6-3-15)20(24)14-22-13-16-4-7-19(18(21)12-16)23-8-10-25-11-9-23/h2-7,12,20,22,24H,8-11,13-14H2,1H3. The number of rotatable bonds is 6. The normalized spacial score (nSPS) is 16.0. The summed E-state index contributed by atoms with van der Waals surface area (Å²) in [6.45, 7) is 5.68. The topological polar surface area (TPSA) is 44.7 Å². The number of benzene rings is 2. The Morgan fingerprint density at radius 2 is 1.88 bits per heavy atom. The summed E-state index contributed by atoms with van der Waals surface area (Å²) in [6, 6.07) is 13.1. The third-order valence-corrected chi connectivity index (χ3v) is 4.49. The van der Waals surface area contributed by atoms with E-state index in [1.165, 1.54) is 5.56 Å². The van der Waals surface area contributed by atoms with Crippen LogP contribution in [0.3, 0.4) is 0 Å². The van der Waals surface area contributed by atoms with Gasteiger partial charge in [0, 0.05) is 26.2 Å². The number of halogens is 1. The van der Waals surface area contributed by atoms with Crippen LogP contribution in [-0.4, -0.2) is 38.0 Å². The molecule has 0 aliphatic carbocycles. The number of ether oxygens (including phenoxy) is 1. The van der Waals surface area contributed by atoms with Crippen molar-refractivity contribution in [3.8, 4) is 0 Å². The molecule has 0 spiro atoms. The van der Waals surface area contributed by atoms with Gasteiger partial charge >= 0.3 is 0 Å². The molecule has 0 aromatic heterocycles. The highest BCUT2D eigenvalue weighted by molar-refractivity contribution is 5.49. The molecule has 1 saturated heterocycles. The molecule has 1 unspecified atom stereocenters. The molecule has 3 rings (SSSR count). The highest BCUT2D eigenvalue weighted by Gasteiger charge is 2.15. The van der Waals surface area contributed by atoms with Crippen molar-refractivity contribution in [1.82, 2.24) is 5.32 Å². The van der Waals surface area contributed by atoms with E-state index >= 15 is 0 Å². The van der Waals surface area contributed by atoms with Crippen LogP contribution < -0.4 is 10.2 Å². The Balaban J connectivity index is 1.52. The van der Waals surface area contributed by atoms with Crippen LogP contribution >= 0.6 is 0 Å². The summed E-state index contributed by atoms with van der Waals surface area (Å²) in [4.78, 5) is 2.01. The Hall–Kier alpha value is -1.95. The zero-order chi connectivity index (χ0) is 17.6. The van der Waals surface area contributed by atoms with Gasteiger partial charge in [0.15, 0.2) is 0 Å². The zero-order valence-corrected chi connectivity index (χ0v) is 14.5. The van der Waals surface area contributed by atoms with Crippen LogP contribution in [0.15, 0.2) is 42.5 Å². The predicted molar refractivity (Wildman–Crippen MR) is 97.3 cm³/mol. The quantitative estimate of drug-likeness (QED) is 0.846. The van der Waals surface area contributed by atoms with Gasteiger partial charge in [0.05, 0.1) is 25.0 Å². The van der Waals surface area contributed by atoms with Crippen LogP contribution in [0.5, 0.6) is 0 Å². The lowest BCUT2D eigenvalue weighted by atomic mass is 10.1. The maximum atomic E-state index is 14.4. The minimum Gasteiger partial charge on any atom is -0.387 e. The van der Waals surface area contributed by atoms with E-state index in [-0.39, 0.29) is 5.82 Å². The number of aliphatic hydroxyl groups excluding tert-OH is 1. The summed E-state index contributed by atoms with van der Waals surface area (Å²) in [5, 5.41) is 13.4. The van der Waals surface area contributed by atoms with Crippen LogP contribution in [-0.2, 0) is 11.3 Å². The molecule has 0 bridgehead atoms. The molecule has 5 heteroatoms. The van der Waals surface area contributed by atoms with E-state index in [2.05, 4.69) is 5.32 Å². The molecule has 1 fully saturated rings. The predicted octanol–water partition coefficient (Wildman–Crippen LogP) is 2.79. The fourth-order valence-electron chi connectivity index (χ4n) is 2.98. The number of morpholine rings is 1. The van der Waals surface area contributed by atoms with Crippen LogP contribution in [0.2, 0.25) is 0 Å². The van der Waals surface area contributed by atoms with Crippen LogP contribution in [0, 0.1) is 12.7 Å². The Kier molecular flexibility index (Phi) is 6.02. The van der Waals surface area contributed by atoms with Crippen molar-refractivity contribution in [2.75, 3.05) is 37.7 Å². The number of hydrogen-bond donors (Lipinski definition) is 2. The van der Waals surface area contributed by atoms with E-state index in [0.29, 0.717) is 32.0 Å². The van der Waals surface area contributed by atoms with Crippen LogP contribution in [0.25, 0.3) is 0 Å². The van der Waals surface area contributed by atoms with E-state index in [9.17, 15) is 9.50 Å². The van der Waals surface area contributed by atoms with Crippen molar-refractivity contribution in [3.05, 3.63) is 65.0 Å². The molecule has 1 heterocycles. The maximum Gasteiger partial charge on any atom is 0.146 e. The Morgan fingerprint density at radius 1 is 1.16 bits per heavy atom. The molecule has 0 amide bonds. The average molecular weight is 344 g/mol. The second kappa shape index (κ2) is 8.43. The maximum absolute atomic E-state index is 14.4. The van der Waals surface area contributed by atoms with Crippen molar-refractivity contribution in [1.29, 1.82) is 0 Å². The van der Waals surface area contributed by atoms with Gasteiger partial charge in [-0.1, -0.05) is 35.9 Å². The second-order valence-electron chi connectivity index (χ2n) is 6.44. The number of aliphatic hydroxyl groups is 1. The van der Waals surface area contributed by atoms with Gasteiger partial charge in [0.25, 0.3) is 0 Å². The summed E-state index contributed by atoms with van der Waals surface area (Å²) in [6.07, 6.45) is -0.571. The third-order valence-electron chi connectivity index (χ3n) is 4.49. The fourth-order valence-corrected chi connectivity index (χ4v) is 2.98. The molecule has 1 aliphatic rings. The number of nitrogens with one attached hydrogen (secondary N) is 1. The van der Waals surface area contributed by atoms with Crippen molar-refractivity contribution in [3.63, 3.8) is 0 Å². The van der Waals surface area contributed by atoms with Gasteiger partial charge < -0.3 is 20.1 Å². The Bertz CT molecular complexity index is 685. The first-order valence-electron chi connectivity index (χ1n) is 8.70. The summed E-state index contributed by atoms with van der Waals surface area (Å²) in [7, 11) is 0. The summed E-state index contributed by atoms with van der Waals surface area (Å²) >= 11 is 0. The lowest BCUT2D eigenvalue weighted by molar-refractivity contribution is 0.122. The second-order valence-corrected chi connectivity index (χ2v) is 6.44. The molecule has 134 valence electrons.